The fraction of sp³-hybridized carbons (Fsp3) is 0.154. The number of hydrogen-bond donors (Lipinski definition) is 4. The second kappa shape index (κ2) is 6.70. The largest absolute Gasteiger partial charge is 0.506 e. The number of halogens is 1. The van der Waals surface area contributed by atoms with Crippen LogP contribution in [0.4, 0.5) is 0 Å². The summed E-state index contributed by atoms with van der Waals surface area (Å²) in [7, 11) is -4.69. The molecular formula is C13H10ClNO9S. The fourth-order valence-corrected chi connectivity index (χ4v) is 2.73. The quantitative estimate of drug-likeness (QED) is 0.411. The number of nitrogens with one attached hydrogen (secondary N) is 1. The first-order chi connectivity index (χ1) is 11.5. The van der Waals surface area contributed by atoms with Crippen LogP contribution >= 0.6 is 11.6 Å². The lowest BCUT2D eigenvalue weighted by Crippen LogP contribution is -2.46. The summed E-state index contributed by atoms with van der Waals surface area (Å²) in [6.45, 7) is 0. The van der Waals surface area contributed by atoms with Gasteiger partial charge >= 0.3 is 11.6 Å². The first-order valence-electron chi connectivity index (χ1n) is 6.43. The third-order valence-corrected chi connectivity index (χ3v) is 4.08. The number of rotatable bonds is 5. The van der Waals surface area contributed by atoms with Crippen molar-refractivity contribution in [1.82, 2.24) is 5.32 Å². The number of amides is 1. The number of carbonyl (C=O) groups excluding carboxylic acids is 1. The molecule has 12 heteroatoms. The van der Waals surface area contributed by atoms with Crippen LogP contribution in [0.2, 0.25) is 5.02 Å². The van der Waals surface area contributed by atoms with Crippen molar-refractivity contribution in [1.29, 1.82) is 0 Å². The molecule has 1 atom stereocenters. The number of benzene rings is 1. The molecule has 0 spiro atoms. The van der Waals surface area contributed by atoms with Crippen molar-refractivity contribution < 1.29 is 37.2 Å². The predicted molar refractivity (Wildman–Crippen MR) is 84.5 cm³/mol. The summed E-state index contributed by atoms with van der Waals surface area (Å²) >= 11 is 5.72. The van der Waals surface area contributed by atoms with Gasteiger partial charge in [-0.3, -0.25) is 9.35 Å². The summed E-state index contributed by atoms with van der Waals surface area (Å²) in [5.74, 6) is -4.60. The van der Waals surface area contributed by atoms with Gasteiger partial charge in [-0.15, -0.1) is 0 Å². The Bertz CT molecular complexity index is 1030. The van der Waals surface area contributed by atoms with Crippen molar-refractivity contribution in [3.63, 3.8) is 0 Å². The van der Waals surface area contributed by atoms with E-state index in [9.17, 15) is 27.9 Å². The first-order valence-corrected chi connectivity index (χ1v) is 8.42. The summed E-state index contributed by atoms with van der Waals surface area (Å²) < 4.78 is 35.1. The van der Waals surface area contributed by atoms with Gasteiger partial charge in [0.25, 0.3) is 16.0 Å². The minimum atomic E-state index is -4.69. The van der Waals surface area contributed by atoms with Crippen LogP contribution in [-0.2, 0) is 14.9 Å². The van der Waals surface area contributed by atoms with Gasteiger partial charge in [-0.1, -0.05) is 11.6 Å². The molecule has 0 aliphatic rings. The molecule has 1 amide bonds. The number of carboxylic acids is 1. The van der Waals surface area contributed by atoms with Crippen LogP contribution < -0.4 is 10.9 Å². The summed E-state index contributed by atoms with van der Waals surface area (Å²) in [4.78, 5) is 34.9. The molecular weight excluding hydrogens is 382 g/mol. The number of carboxylic acid groups (broad SMARTS) is 1. The summed E-state index contributed by atoms with van der Waals surface area (Å²) in [5, 5.41) is 20.2. The number of carbonyl (C=O) groups is 2. The van der Waals surface area contributed by atoms with Crippen LogP contribution in [-0.4, -0.2) is 46.9 Å². The zero-order chi connectivity index (χ0) is 18.9. The number of phenolic OH excluding ortho intramolecular Hbond substituents is 1. The molecule has 1 unspecified atom stereocenters. The van der Waals surface area contributed by atoms with E-state index in [4.69, 9.17) is 25.7 Å². The SMILES string of the molecule is O=C(NC(CS(=O)(=O)O)C(=O)O)c1cc2cc(Cl)c(O)cc2oc1=O. The molecule has 0 saturated carbocycles. The lowest BCUT2D eigenvalue weighted by atomic mass is 10.1. The van der Waals surface area contributed by atoms with E-state index in [1.165, 1.54) is 6.07 Å². The minimum absolute atomic E-state index is 0.0730. The molecule has 0 aliphatic heterocycles. The Kier molecular flexibility index (Phi) is 5.02. The Morgan fingerprint density at radius 1 is 1.28 bits per heavy atom. The number of hydrogen-bond acceptors (Lipinski definition) is 7. The van der Waals surface area contributed by atoms with Gasteiger partial charge in [-0.2, -0.15) is 8.42 Å². The number of phenols is 1. The molecule has 0 radical (unpaired) electrons. The highest BCUT2D eigenvalue weighted by molar-refractivity contribution is 7.85. The van der Waals surface area contributed by atoms with E-state index >= 15 is 0 Å². The monoisotopic (exact) mass is 391 g/mol. The van der Waals surface area contributed by atoms with Gasteiger partial charge in [0.2, 0.25) is 0 Å². The lowest BCUT2D eigenvalue weighted by molar-refractivity contribution is -0.138. The second-order valence-electron chi connectivity index (χ2n) is 4.90. The fourth-order valence-electron chi connectivity index (χ4n) is 1.91. The highest BCUT2D eigenvalue weighted by Gasteiger charge is 2.27. The van der Waals surface area contributed by atoms with Gasteiger partial charge in [-0.25, -0.2) is 9.59 Å². The average Bonchev–Trinajstić information content (AvgIpc) is 2.46. The third-order valence-electron chi connectivity index (χ3n) is 3.03. The topological polar surface area (TPSA) is 171 Å². The Hall–Kier alpha value is -2.63. The second-order valence-corrected chi connectivity index (χ2v) is 6.81. The normalized spacial score (nSPS) is 12.7. The molecule has 2 aromatic rings. The van der Waals surface area contributed by atoms with Crippen LogP contribution in [0.1, 0.15) is 10.4 Å². The van der Waals surface area contributed by atoms with Crippen molar-refractivity contribution in [3.8, 4) is 5.75 Å². The molecule has 25 heavy (non-hydrogen) atoms. The Morgan fingerprint density at radius 2 is 1.92 bits per heavy atom. The number of fused-ring (bicyclic) bond motifs is 1. The molecule has 4 N–H and O–H groups in total. The predicted octanol–water partition coefficient (Wildman–Crippen LogP) is 0.223. The van der Waals surface area contributed by atoms with E-state index in [1.807, 2.05) is 0 Å². The van der Waals surface area contributed by atoms with Crippen molar-refractivity contribution in [2.45, 2.75) is 6.04 Å². The standard InChI is InChI=1S/C13H10ClNO9S/c14-7-2-5-1-6(13(20)24-10(5)3-9(7)16)11(17)15-8(12(18)19)4-25(21,22)23/h1-3,8,16H,4H2,(H,15,17)(H,18,19)(H,21,22,23). The maximum absolute atomic E-state index is 12.1. The smallest absolute Gasteiger partial charge is 0.349 e. The van der Waals surface area contributed by atoms with Crippen molar-refractivity contribution in [2.24, 2.45) is 0 Å². The lowest BCUT2D eigenvalue weighted by Gasteiger charge is -2.12. The third kappa shape index (κ3) is 4.47. The van der Waals surface area contributed by atoms with E-state index in [0.29, 0.717) is 0 Å². The van der Waals surface area contributed by atoms with Crippen LogP contribution in [0.25, 0.3) is 11.0 Å². The van der Waals surface area contributed by atoms with Gasteiger partial charge in [0.05, 0.1) is 5.02 Å². The molecule has 0 aliphatic carbocycles. The van der Waals surface area contributed by atoms with Crippen LogP contribution in [0.5, 0.6) is 5.75 Å². The maximum atomic E-state index is 12.1. The molecule has 1 aromatic heterocycles. The van der Waals surface area contributed by atoms with E-state index < -0.39 is 45.0 Å². The van der Waals surface area contributed by atoms with E-state index in [0.717, 1.165) is 12.1 Å². The zero-order valence-corrected chi connectivity index (χ0v) is 13.7. The van der Waals surface area contributed by atoms with Crippen LogP contribution in [0.3, 0.4) is 0 Å². The Balaban J connectivity index is 2.41. The summed E-state index contributed by atoms with van der Waals surface area (Å²) in [6, 6.07) is 1.31. The minimum Gasteiger partial charge on any atom is -0.506 e. The van der Waals surface area contributed by atoms with Gasteiger partial charge in [0.15, 0.2) is 0 Å². The van der Waals surface area contributed by atoms with Crippen molar-refractivity contribution >= 4 is 44.6 Å². The molecule has 1 heterocycles. The number of aromatic hydroxyl groups is 1. The van der Waals surface area contributed by atoms with Gasteiger partial charge in [-0.05, 0) is 12.1 Å². The van der Waals surface area contributed by atoms with Crippen LogP contribution in [0, 0.1) is 0 Å². The highest BCUT2D eigenvalue weighted by atomic mass is 35.5. The van der Waals surface area contributed by atoms with E-state index in [2.05, 4.69) is 0 Å². The van der Waals surface area contributed by atoms with Crippen molar-refractivity contribution in [2.75, 3.05) is 5.75 Å². The summed E-state index contributed by atoms with van der Waals surface area (Å²) in [5.41, 5.74) is -1.84. The van der Waals surface area contributed by atoms with E-state index in [-0.39, 0.29) is 21.7 Å². The Labute approximate surface area is 144 Å². The highest BCUT2D eigenvalue weighted by Crippen LogP contribution is 2.28. The molecule has 134 valence electrons. The first kappa shape index (κ1) is 18.7. The Morgan fingerprint density at radius 3 is 2.48 bits per heavy atom. The maximum Gasteiger partial charge on any atom is 0.349 e. The van der Waals surface area contributed by atoms with Gasteiger partial charge in [0, 0.05) is 11.5 Å². The molecule has 1 aromatic carbocycles. The molecule has 0 fully saturated rings. The van der Waals surface area contributed by atoms with Crippen molar-refractivity contribution in [3.05, 3.63) is 39.2 Å². The summed E-state index contributed by atoms with van der Waals surface area (Å²) in [6.07, 6.45) is 0. The van der Waals surface area contributed by atoms with Gasteiger partial charge < -0.3 is 19.9 Å². The zero-order valence-electron chi connectivity index (χ0n) is 12.1. The molecule has 0 bridgehead atoms. The molecule has 10 nitrogen and oxygen atoms in total. The van der Waals surface area contributed by atoms with E-state index in [1.54, 1.807) is 5.32 Å². The molecule has 2 rings (SSSR count). The van der Waals surface area contributed by atoms with Crippen LogP contribution in [0.15, 0.2) is 27.4 Å². The molecule has 0 saturated heterocycles. The van der Waals surface area contributed by atoms with Gasteiger partial charge in [0.1, 0.15) is 28.7 Å². The average molecular weight is 392 g/mol. The number of aliphatic carboxylic acids is 1.